The van der Waals surface area contributed by atoms with Crippen LogP contribution in [0.5, 0.6) is 0 Å². The highest BCUT2D eigenvalue weighted by atomic mass is 35.5. The summed E-state index contributed by atoms with van der Waals surface area (Å²) < 4.78 is 1.39. The number of amides is 1. The predicted octanol–water partition coefficient (Wildman–Crippen LogP) is 2.43. The van der Waals surface area contributed by atoms with E-state index in [-0.39, 0.29) is 18.5 Å². The number of hydrogen-bond acceptors (Lipinski definition) is 4. The highest BCUT2D eigenvalue weighted by molar-refractivity contribution is 6.30. The molecule has 0 fully saturated rings. The Bertz CT molecular complexity index is 775. The van der Waals surface area contributed by atoms with Crippen LogP contribution in [-0.2, 0) is 17.8 Å². The number of aromatic nitrogens is 4. The number of hydrogen-bond donors (Lipinski definition) is 1. The van der Waals surface area contributed by atoms with Crippen LogP contribution in [0, 0.1) is 0 Å². The molecule has 0 radical (unpaired) electrons. The van der Waals surface area contributed by atoms with Crippen molar-refractivity contribution in [3.8, 4) is 0 Å². The van der Waals surface area contributed by atoms with E-state index in [1.54, 1.807) is 0 Å². The summed E-state index contributed by atoms with van der Waals surface area (Å²) in [6.07, 6.45) is 2.08. The van der Waals surface area contributed by atoms with Gasteiger partial charge < -0.3 is 5.32 Å². The fourth-order valence-corrected chi connectivity index (χ4v) is 2.56. The number of nitrogens with zero attached hydrogens (tertiary/aromatic N) is 4. The Morgan fingerprint density at radius 2 is 1.88 bits per heavy atom. The molecule has 3 aromatic rings. The summed E-state index contributed by atoms with van der Waals surface area (Å²) in [7, 11) is 0. The van der Waals surface area contributed by atoms with Crippen molar-refractivity contribution in [2.45, 2.75) is 19.0 Å². The first-order valence-corrected chi connectivity index (χ1v) is 7.88. The number of benzene rings is 2. The lowest BCUT2D eigenvalue weighted by atomic mass is 9.99. The Balaban J connectivity index is 1.74. The maximum atomic E-state index is 12.3. The predicted molar refractivity (Wildman–Crippen MR) is 90.3 cm³/mol. The van der Waals surface area contributed by atoms with Crippen LogP contribution >= 0.6 is 11.6 Å². The Labute approximate surface area is 144 Å². The molecule has 0 aliphatic heterocycles. The van der Waals surface area contributed by atoms with E-state index in [0.29, 0.717) is 11.4 Å². The summed E-state index contributed by atoms with van der Waals surface area (Å²) in [6, 6.07) is 17.3. The summed E-state index contributed by atoms with van der Waals surface area (Å²) in [5.74, 6) is -0.148. The topological polar surface area (TPSA) is 72.7 Å². The Morgan fingerprint density at radius 1 is 1.12 bits per heavy atom. The van der Waals surface area contributed by atoms with Gasteiger partial charge >= 0.3 is 0 Å². The van der Waals surface area contributed by atoms with Gasteiger partial charge in [-0.2, -0.15) is 0 Å². The van der Waals surface area contributed by atoms with Gasteiger partial charge in [-0.05, 0) is 40.1 Å². The number of carbonyl (C=O) groups excluding carboxylic acids is 1. The van der Waals surface area contributed by atoms with Crippen molar-refractivity contribution in [1.29, 1.82) is 0 Å². The molecule has 1 unspecified atom stereocenters. The van der Waals surface area contributed by atoms with Crippen LogP contribution < -0.4 is 5.32 Å². The lowest BCUT2D eigenvalue weighted by Crippen LogP contribution is -2.33. The fraction of sp³-hybridized carbons (Fsp3) is 0.176. The van der Waals surface area contributed by atoms with E-state index in [1.807, 2.05) is 54.6 Å². The van der Waals surface area contributed by atoms with Gasteiger partial charge in [-0.15, -0.1) is 5.10 Å². The molecule has 3 rings (SSSR count). The minimum atomic E-state index is -0.148. The second kappa shape index (κ2) is 7.70. The summed E-state index contributed by atoms with van der Waals surface area (Å²) in [6.45, 7) is 0.0803. The molecule has 0 aliphatic carbocycles. The van der Waals surface area contributed by atoms with Crippen molar-refractivity contribution < 1.29 is 4.79 Å². The molecule has 1 amide bonds. The quantitative estimate of drug-likeness (QED) is 0.747. The molecular weight excluding hydrogens is 326 g/mol. The molecule has 0 aliphatic rings. The standard InChI is InChI=1S/C17H16ClN5O/c18-15-8-6-13(7-9-15)10-16(14-4-2-1-3-5-14)20-17(24)11-23-12-19-21-22-23/h1-9,12,16H,10-11H2,(H,20,24). The average molecular weight is 342 g/mol. The lowest BCUT2D eigenvalue weighted by Gasteiger charge is -2.19. The van der Waals surface area contributed by atoms with Crippen molar-refractivity contribution in [1.82, 2.24) is 25.5 Å². The van der Waals surface area contributed by atoms with E-state index >= 15 is 0 Å². The molecule has 122 valence electrons. The normalized spacial score (nSPS) is 11.9. The van der Waals surface area contributed by atoms with Gasteiger partial charge in [0.15, 0.2) is 0 Å². The van der Waals surface area contributed by atoms with Gasteiger partial charge in [0.2, 0.25) is 5.91 Å². The highest BCUT2D eigenvalue weighted by Crippen LogP contribution is 2.20. The number of halogens is 1. The fourth-order valence-electron chi connectivity index (χ4n) is 2.43. The molecule has 0 spiro atoms. The van der Waals surface area contributed by atoms with Gasteiger partial charge in [0, 0.05) is 5.02 Å². The summed E-state index contributed by atoms with van der Waals surface area (Å²) in [5.41, 5.74) is 2.13. The van der Waals surface area contributed by atoms with E-state index in [4.69, 9.17) is 11.6 Å². The molecule has 6 nitrogen and oxygen atoms in total. The second-order valence-corrected chi connectivity index (χ2v) is 5.81. The van der Waals surface area contributed by atoms with Crippen molar-refractivity contribution >= 4 is 17.5 Å². The van der Waals surface area contributed by atoms with Gasteiger partial charge in [0.25, 0.3) is 0 Å². The highest BCUT2D eigenvalue weighted by Gasteiger charge is 2.16. The lowest BCUT2D eigenvalue weighted by molar-refractivity contribution is -0.122. The van der Waals surface area contributed by atoms with Gasteiger partial charge in [-0.3, -0.25) is 4.79 Å². The SMILES string of the molecule is O=C(Cn1cnnn1)NC(Cc1ccc(Cl)cc1)c1ccccc1. The van der Waals surface area contributed by atoms with Crippen LogP contribution in [0.3, 0.4) is 0 Å². The number of nitrogens with one attached hydrogen (secondary N) is 1. The third kappa shape index (κ3) is 4.39. The van der Waals surface area contributed by atoms with Gasteiger partial charge in [-0.1, -0.05) is 54.1 Å². The minimum Gasteiger partial charge on any atom is -0.347 e. The van der Waals surface area contributed by atoms with Gasteiger partial charge in [0.1, 0.15) is 12.9 Å². The third-order valence-corrected chi connectivity index (χ3v) is 3.84. The zero-order valence-electron chi connectivity index (χ0n) is 12.8. The minimum absolute atomic E-state index is 0.0803. The van der Waals surface area contributed by atoms with E-state index in [2.05, 4.69) is 20.8 Å². The van der Waals surface area contributed by atoms with Crippen molar-refractivity contribution in [3.63, 3.8) is 0 Å². The molecule has 0 saturated carbocycles. The first-order valence-electron chi connectivity index (χ1n) is 7.50. The molecule has 1 atom stereocenters. The average Bonchev–Trinajstić information content (AvgIpc) is 3.10. The van der Waals surface area contributed by atoms with Crippen LogP contribution in [0.25, 0.3) is 0 Å². The van der Waals surface area contributed by atoms with E-state index in [1.165, 1.54) is 11.0 Å². The molecule has 0 saturated heterocycles. The summed E-state index contributed by atoms with van der Waals surface area (Å²) >= 11 is 5.94. The smallest absolute Gasteiger partial charge is 0.242 e. The zero-order chi connectivity index (χ0) is 16.8. The number of rotatable bonds is 6. The third-order valence-electron chi connectivity index (χ3n) is 3.59. The van der Waals surface area contributed by atoms with Crippen LogP contribution in [0.2, 0.25) is 5.02 Å². The van der Waals surface area contributed by atoms with Crippen LogP contribution in [0.1, 0.15) is 17.2 Å². The van der Waals surface area contributed by atoms with Crippen LogP contribution in [-0.4, -0.2) is 26.1 Å². The molecule has 1 heterocycles. The Hall–Kier alpha value is -2.73. The van der Waals surface area contributed by atoms with Crippen molar-refractivity contribution in [2.24, 2.45) is 0 Å². The number of tetrazole rings is 1. The molecular formula is C17H16ClN5O. The monoisotopic (exact) mass is 341 g/mol. The van der Waals surface area contributed by atoms with Crippen molar-refractivity contribution in [2.75, 3.05) is 0 Å². The molecule has 24 heavy (non-hydrogen) atoms. The van der Waals surface area contributed by atoms with E-state index in [0.717, 1.165) is 11.1 Å². The van der Waals surface area contributed by atoms with Gasteiger partial charge in [0.05, 0.1) is 6.04 Å². The molecule has 0 bridgehead atoms. The van der Waals surface area contributed by atoms with Crippen LogP contribution in [0.4, 0.5) is 0 Å². The van der Waals surface area contributed by atoms with E-state index in [9.17, 15) is 4.79 Å². The maximum absolute atomic E-state index is 12.3. The summed E-state index contributed by atoms with van der Waals surface area (Å²) in [4.78, 5) is 12.3. The second-order valence-electron chi connectivity index (χ2n) is 5.37. The molecule has 2 aromatic carbocycles. The Kier molecular flexibility index (Phi) is 5.18. The Morgan fingerprint density at radius 3 is 2.54 bits per heavy atom. The molecule has 1 N–H and O–H groups in total. The van der Waals surface area contributed by atoms with Crippen LogP contribution in [0.15, 0.2) is 60.9 Å². The molecule has 1 aromatic heterocycles. The first kappa shape index (κ1) is 16.1. The largest absolute Gasteiger partial charge is 0.347 e. The molecule has 7 heteroatoms. The first-order chi connectivity index (χ1) is 11.7. The summed E-state index contributed by atoms with van der Waals surface area (Å²) in [5, 5.41) is 14.5. The zero-order valence-corrected chi connectivity index (χ0v) is 13.6. The van der Waals surface area contributed by atoms with E-state index < -0.39 is 0 Å². The maximum Gasteiger partial charge on any atom is 0.242 e. The van der Waals surface area contributed by atoms with Crippen molar-refractivity contribution in [3.05, 3.63) is 77.1 Å². The van der Waals surface area contributed by atoms with Gasteiger partial charge in [-0.25, -0.2) is 4.68 Å². The number of carbonyl (C=O) groups is 1.